The maximum Gasteiger partial charge on any atom is 0.292 e. The summed E-state index contributed by atoms with van der Waals surface area (Å²) < 4.78 is 5.46. The first kappa shape index (κ1) is 17.3. The maximum absolute atomic E-state index is 13.3. The zero-order valence-electron chi connectivity index (χ0n) is 15.5. The van der Waals surface area contributed by atoms with Crippen molar-refractivity contribution >= 4 is 17.5 Å². The van der Waals surface area contributed by atoms with E-state index in [9.17, 15) is 4.79 Å². The Labute approximate surface area is 164 Å². The molecule has 1 amide bonds. The minimum atomic E-state index is -0.0499. The van der Waals surface area contributed by atoms with Crippen molar-refractivity contribution < 1.29 is 9.32 Å². The predicted octanol–water partition coefficient (Wildman–Crippen LogP) is 4.13. The average molecular weight is 386 g/mol. The molecule has 1 saturated carbocycles. The summed E-state index contributed by atoms with van der Waals surface area (Å²) in [7, 11) is 0. The van der Waals surface area contributed by atoms with Gasteiger partial charge in [-0.3, -0.25) is 4.79 Å². The minimum Gasteiger partial charge on any atom is -0.350 e. The second-order valence-electron chi connectivity index (χ2n) is 8.44. The normalized spacial score (nSPS) is 32.4. The Morgan fingerprint density at radius 3 is 3.00 bits per heavy atom. The highest BCUT2D eigenvalue weighted by Crippen LogP contribution is 2.49. The number of hydrogen-bond acceptors (Lipinski definition) is 4. The second kappa shape index (κ2) is 6.35. The van der Waals surface area contributed by atoms with Crippen LogP contribution in [0.1, 0.15) is 49.6 Å². The van der Waals surface area contributed by atoms with Crippen molar-refractivity contribution in [3.05, 3.63) is 41.1 Å². The van der Waals surface area contributed by atoms with Crippen molar-refractivity contribution in [1.29, 1.82) is 0 Å². The summed E-state index contributed by atoms with van der Waals surface area (Å²) in [5.41, 5.74) is 1.54. The van der Waals surface area contributed by atoms with Gasteiger partial charge >= 0.3 is 0 Å². The van der Waals surface area contributed by atoms with Gasteiger partial charge in [-0.2, -0.15) is 0 Å². The third kappa shape index (κ3) is 2.71. The molecule has 1 aliphatic carbocycles. The summed E-state index contributed by atoms with van der Waals surface area (Å²) >= 11 is 6.26. The van der Waals surface area contributed by atoms with Crippen LogP contribution in [0.2, 0.25) is 5.02 Å². The van der Waals surface area contributed by atoms with Gasteiger partial charge in [-0.15, -0.1) is 0 Å². The van der Waals surface area contributed by atoms with E-state index in [-0.39, 0.29) is 17.4 Å². The lowest BCUT2D eigenvalue weighted by Crippen LogP contribution is -2.55. The molecule has 0 spiro atoms. The highest BCUT2D eigenvalue weighted by Gasteiger charge is 2.56. The molecule has 0 unspecified atom stereocenters. The second-order valence-corrected chi connectivity index (χ2v) is 8.85. The van der Waals surface area contributed by atoms with E-state index in [0.717, 1.165) is 24.9 Å². The molecule has 2 bridgehead atoms. The summed E-state index contributed by atoms with van der Waals surface area (Å²) in [6, 6.07) is 10.4. The lowest BCUT2D eigenvalue weighted by molar-refractivity contribution is 0.0252. The molecule has 142 valence electrons. The quantitative estimate of drug-likeness (QED) is 0.844. The third-order valence-corrected chi connectivity index (χ3v) is 7.16. The monoisotopic (exact) mass is 385 g/mol. The number of benzene rings is 1. The van der Waals surface area contributed by atoms with Crippen LogP contribution in [-0.4, -0.2) is 40.6 Å². The number of nitrogens with one attached hydrogen (secondary N) is 1. The topological polar surface area (TPSA) is 58.4 Å². The molecular weight excluding hydrogens is 362 g/mol. The van der Waals surface area contributed by atoms with Crippen LogP contribution in [0.5, 0.6) is 0 Å². The van der Waals surface area contributed by atoms with Crippen LogP contribution in [0, 0.1) is 5.41 Å². The SMILES string of the molecule is C[C@@]12C[C@H]3CN(C(=O)c4cc(-c5ccccc5Cl)no4)[C@@H]1CCCC[C@@H]2N3. The van der Waals surface area contributed by atoms with E-state index < -0.39 is 0 Å². The van der Waals surface area contributed by atoms with Gasteiger partial charge in [-0.05, 0) is 25.3 Å². The molecule has 2 aliphatic heterocycles. The molecule has 27 heavy (non-hydrogen) atoms. The van der Waals surface area contributed by atoms with Gasteiger partial charge in [0.25, 0.3) is 5.91 Å². The van der Waals surface area contributed by atoms with Gasteiger partial charge in [0.2, 0.25) is 5.76 Å². The molecular formula is C21H24ClN3O2. The summed E-state index contributed by atoms with van der Waals surface area (Å²) in [4.78, 5) is 15.4. The zero-order valence-corrected chi connectivity index (χ0v) is 16.2. The van der Waals surface area contributed by atoms with E-state index in [2.05, 4.69) is 17.4 Å². The van der Waals surface area contributed by atoms with Gasteiger partial charge in [-0.25, -0.2) is 0 Å². The molecule has 2 aromatic rings. The molecule has 5 nitrogen and oxygen atoms in total. The lowest BCUT2D eigenvalue weighted by Gasteiger charge is -2.46. The molecule has 3 heterocycles. The number of fused-ring (bicyclic) bond motifs is 1. The standard InChI is InChI=1S/C21H24ClN3O2/c1-21-11-13-12-25(19(21)9-5-4-8-18(21)23-13)20(26)17-10-16(24-27-17)14-6-2-3-7-15(14)22/h2-3,6-7,10,13,18-19,23H,4-5,8-9,11-12H2,1H3/t13-,18-,19+,21-/m0/s1. The average Bonchev–Trinajstić information content (AvgIpc) is 3.20. The van der Waals surface area contributed by atoms with Crippen LogP contribution in [0.15, 0.2) is 34.9 Å². The van der Waals surface area contributed by atoms with Crippen molar-refractivity contribution in [2.75, 3.05) is 6.54 Å². The van der Waals surface area contributed by atoms with Gasteiger partial charge in [0.1, 0.15) is 5.69 Å². The van der Waals surface area contributed by atoms with Crippen LogP contribution in [-0.2, 0) is 0 Å². The molecule has 6 heteroatoms. The number of carbonyl (C=O) groups is 1. The Morgan fingerprint density at radius 1 is 1.33 bits per heavy atom. The van der Waals surface area contributed by atoms with E-state index in [0.29, 0.717) is 28.6 Å². The fraction of sp³-hybridized carbons (Fsp3) is 0.524. The number of nitrogens with zero attached hydrogens (tertiary/aromatic N) is 2. The van der Waals surface area contributed by atoms with Gasteiger partial charge in [-0.1, -0.05) is 54.7 Å². The van der Waals surface area contributed by atoms with E-state index in [1.54, 1.807) is 6.07 Å². The number of piperidine rings is 1. The third-order valence-electron chi connectivity index (χ3n) is 6.83. The van der Waals surface area contributed by atoms with Crippen molar-refractivity contribution in [3.63, 3.8) is 0 Å². The summed E-state index contributed by atoms with van der Waals surface area (Å²) in [5, 5.41) is 8.49. The van der Waals surface area contributed by atoms with E-state index >= 15 is 0 Å². The Kier molecular flexibility index (Phi) is 4.06. The van der Waals surface area contributed by atoms with Crippen LogP contribution in [0.25, 0.3) is 11.3 Å². The molecule has 1 N–H and O–H groups in total. The molecule has 2 saturated heterocycles. The first-order valence-electron chi connectivity index (χ1n) is 9.85. The summed E-state index contributed by atoms with van der Waals surface area (Å²) in [5.74, 6) is 0.252. The number of hydrogen-bond donors (Lipinski definition) is 1. The smallest absolute Gasteiger partial charge is 0.292 e. The summed E-state index contributed by atoms with van der Waals surface area (Å²) in [6.45, 7) is 3.10. The van der Waals surface area contributed by atoms with Crippen LogP contribution in [0.3, 0.4) is 0 Å². The van der Waals surface area contributed by atoms with Gasteiger partial charge in [0.15, 0.2) is 0 Å². The van der Waals surface area contributed by atoms with Gasteiger partial charge in [0.05, 0.1) is 5.02 Å². The largest absolute Gasteiger partial charge is 0.350 e. The van der Waals surface area contributed by atoms with Crippen molar-refractivity contribution in [3.8, 4) is 11.3 Å². The number of aromatic nitrogens is 1. The number of rotatable bonds is 2. The van der Waals surface area contributed by atoms with Crippen molar-refractivity contribution in [1.82, 2.24) is 15.4 Å². The zero-order chi connectivity index (χ0) is 18.6. The molecule has 4 atom stereocenters. The molecule has 1 aromatic carbocycles. The highest BCUT2D eigenvalue weighted by molar-refractivity contribution is 6.33. The lowest BCUT2D eigenvalue weighted by atomic mass is 9.71. The number of likely N-dealkylation sites (tertiary alicyclic amines) is 1. The number of carbonyl (C=O) groups excluding carboxylic acids is 1. The maximum atomic E-state index is 13.3. The minimum absolute atomic E-state index is 0.0499. The Balaban J connectivity index is 1.45. The van der Waals surface area contributed by atoms with Crippen LogP contribution >= 0.6 is 11.6 Å². The Hall–Kier alpha value is -1.85. The van der Waals surface area contributed by atoms with E-state index in [1.165, 1.54) is 19.3 Å². The number of halogens is 1. The first-order valence-corrected chi connectivity index (χ1v) is 10.2. The van der Waals surface area contributed by atoms with E-state index in [1.807, 2.05) is 29.2 Å². The molecule has 3 aliphatic rings. The fourth-order valence-electron chi connectivity index (χ4n) is 5.54. The van der Waals surface area contributed by atoms with Crippen molar-refractivity contribution in [2.24, 2.45) is 5.41 Å². The summed E-state index contributed by atoms with van der Waals surface area (Å²) in [6.07, 6.45) is 5.85. The number of amides is 1. The Bertz CT molecular complexity index is 882. The Morgan fingerprint density at radius 2 is 2.15 bits per heavy atom. The molecule has 3 fully saturated rings. The molecule has 1 aromatic heterocycles. The molecule has 5 rings (SSSR count). The molecule has 0 radical (unpaired) electrons. The van der Waals surface area contributed by atoms with Crippen LogP contribution < -0.4 is 5.32 Å². The highest BCUT2D eigenvalue weighted by atomic mass is 35.5. The predicted molar refractivity (Wildman–Crippen MR) is 104 cm³/mol. The first-order chi connectivity index (χ1) is 13.1. The van der Waals surface area contributed by atoms with Crippen molar-refractivity contribution in [2.45, 2.75) is 57.2 Å². The van der Waals surface area contributed by atoms with Gasteiger partial charge < -0.3 is 14.7 Å². The van der Waals surface area contributed by atoms with E-state index in [4.69, 9.17) is 16.1 Å². The van der Waals surface area contributed by atoms with Gasteiger partial charge in [0, 0.05) is 41.7 Å². The fourth-order valence-corrected chi connectivity index (χ4v) is 5.77. The van der Waals surface area contributed by atoms with Crippen LogP contribution in [0.4, 0.5) is 0 Å².